The van der Waals surface area contributed by atoms with Crippen molar-refractivity contribution < 1.29 is 4.39 Å². The minimum atomic E-state index is -0.236. The van der Waals surface area contributed by atoms with Crippen LogP contribution in [0.3, 0.4) is 0 Å². The number of piperidine rings is 1. The average molecular weight is 433 g/mol. The van der Waals surface area contributed by atoms with E-state index in [1.54, 1.807) is 11.3 Å². The van der Waals surface area contributed by atoms with Gasteiger partial charge in [-0.05, 0) is 75.1 Å². The molecule has 0 radical (unpaired) electrons. The van der Waals surface area contributed by atoms with Gasteiger partial charge in [0.2, 0.25) is 0 Å². The van der Waals surface area contributed by atoms with Crippen molar-refractivity contribution in [1.29, 1.82) is 0 Å². The molecule has 0 unspecified atom stereocenters. The third-order valence-electron chi connectivity index (χ3n) is 5.82. The van der Waals surface area contributed by atoms with E-state index >= 15 is 0 Å². The smallest absolute Gasteiger partial charge is 0.143 e. The zero-order valence-corrected chi connectivity index (χ0v) is 18.6. The number of nitrogens with one attached hydrogen (secondary N) is 1. The first-order valence-corrected chi connectivity index (χ1v) is 11.6. The van der Waals surface area contributed by atoms with Crippen LogP contribution in [-0.2, 0) is 0 Å². The van der Waals surface area contributed by atoms with E-state index in [1.807, 2.05) is 19.1 Å². The number of fused-ring (bicyclic) bond motifs is 1. The summed E-state index contributed by atoms with van der Waals surface area (Å²) in [5, 5.41) is 4.50. The van der Waals surface area contributed by atoms with Crippen molar-refractivity contribution in [2.24, 2.45) is 0 Å². The molecular formula is C25H25FN4S. The molecule has 6 heteroatoms. The first-order chi connectivity index (χ1) is 15.1. The van der Waals surface area contributed by atoms with Gasteiger partial charge in [-0.25, -0.2) is 14.4 Å². The Morgan fingerprint density at radius 3 is 2.32 bits per heavy atom. The number of anilines is 3. The van der Waals surface area contributed by atoms with Crippen molar-refractivity contribution in [1.82, 2.24) is 9.97 Å². The lowest BCUT2D eigenvalue weighted by molar-refractivity contribution is 0.578. The third kappa shape index (κ3) is 4.00. The molecule has 1 aliphatic rings. The van der Waals surface area contributed by atoms with Crippen LogP contribution >= 0.6 is 11.3 Å². The second-order valence-corrected chi connectivity index (χ2v) is 9.26. The van der Waals surface area contributed by atoms with Crippen LogP contribution in [0.4, 0.5) is 21.6 Å². The number of hydrogen-bond donors (Lipinski definition) is 1. The van der Waals surface area contributed by atoms with E-state index < -0.39 is 0 Å². The maximum absolute atomic E-state index is 13.5. The summed E-state index contributed by atoms with van der Waals surface area (Å²) in [6.07, 6.45) is 3.86. The van der Waals surface area contributed by atoms with Crippen LogP contribution in [0.15, 0.2) is 48.5 Å². The zero-order valence-electron chi connectivity index (χ0n) is 17.8. The zero-order chi connectivity index (χ0) is 21.4. The van der Waals surface area contributed by atoms with Crippen LogP contribution in [0.2, 0.25) is 0 Å². The van der Waals surface area contributed by atoms with Crippen LogP contribution in [0, 0.1) is 19.7 Å². The van der Waals surface area contributed by atoms with Gasteiger partial charge in [0.15, 0.2) is 0 Å². The van der Waals surface area contributed by atoms with Crippen molar-refractivity contribution in [2.75, 3.05) is 23.3 Å². The molecule has 1 fully saturated rings. The molecule has 1 saturated heterocycles. The van der Waals surface area contributed by atoms with Gasteiger partial charge in [-0.2, -0.15) is 0 Å². The van der Waals surface area contributed by atoms with E-state index in [0.29, 0.717) is 0 Å². The Hall–Kier alpha value is -2.99. The summed E-state index contributed by atoms with van der Waals surface area (Å²) in [6.45, 7) is 6.26. The fourth-order valence-electron chi connectivity index (χ4n) is 4.32. The highest BCUT2D eigenvalue weighted by atomic mass is 32.1. The molecule has 0 amide bonds. The minimum absolute atomic E-state index is 0.236. The lowest BCUT2D eigenvalue weighted by atomic mass is 10.0. The Morgan fingerprint density at radius 2 is 1.61 bits per heavy atom. The van der Waals surface area contributed by atoms with Crippen LogP contribution in [-0.4, -0.2) is 23.1 Å². The third-order valence-corrected chi connectivity index (χ3v) is 6.82. The van der Waals surface area contributed by atoms with Gasteiger partial charge in [-0.1, -0.05) is 12.1 Å². The molecule has 1 aliphatic heterocycles. The standard InChI is InChI=1S/C25H25FN4S/c1-16-22(18-6-8-19(26)9-7-18)23-24(27-17(2)28-25(23)31-16)29-20-10-12-21(13-11-20)30-14-4-3-5-15-30/h6-13H,3-5,14-15H2,1-2H3,(H,27,28,29). The quantitative estimate of drug-likeness (QED) is 0.383. The van der Waals surface area contributed by atoms with Gasteiger partial charge in [0.1, 0.15) is 22.3 Å². The summed E-state index contributed by atoms with van der Waals surface area (Å²) in [5.41, 5.74) is 4.30. The molecule has 4 nitrogen and oxygen atoms in total. The molecule has 3 heterocycles. The highest BCUT2D eigenvalue weighted by Gasteiger charge is 2.18. The molecule has 4 aromatic rings. The number of aromatic nitrogens is 2. The summed E-state index contributed by atoms with van der Waals surface area (Å²) >= 11 is 1.65. The Morgan fingerprint density at radius 1 is 0.903 bits per heavy atom. The summed E-state index contributed by atoms with van der Waals surface area (Å²) in [6, 6.07) is 15.2. The Kier molecular flexibility index (Phi) is 5.32. The summed E-state index contributed by atoms with van der Waals surface area (Å²) < 4.78 is 13.5. The van der Waals surface area contributed by atoms with Gasteiger partial charge >= 0.3 is 0 Å². The van der Waals surface area contributed by atoms with Gasteiger partial charge in [0.05, 0.1) is 5.39 Å². The average Bonchev–Trinajstić information content (AvgIpc) is 3.11. The molecule has 31 heavy (non-hydrogen) atoms. The highest BCUT2D eigenvalue weighted by Crippen LogP contribution is 2.41. The van der Waals surface area contributed by atoms with E-state index in [4.69, 9.17) is 4.98 Å². The van der Waals surface area contributed by atoms with Crippen molar-refractivity contribution in [3.8, 4) is 11.1 Å². The van der Waals surface area contributed by atoms with Crippen molar-refractivity contribution in [3.05, 3.63) is 65.0 Å². The van der Waals surface area contributed by atoms with Crippen LogP contribution in [0.5, 0.6) is 0 Å². The summed E-state index contributed by atoms with van der Waals surface area (Å²) in [7, 11) is 0. The Labute approximate surface area is 185 Å². The molecule has 2 aromatic carbocycles. The first-order valence-electron chi connectivity index (χ1n) is 10.7. The maximum atomic E-state index is 13.5. The number of rotatable bonds is 4. The van der Waals surface area contributed by atoms with Crippen molar-refractivity contribution in [3.63, 3.8) is 0 Å². The monoisotopic (exact) mass is 432 g/mol. The fourth-order valence-corrected chi connectivity index (χ4v) is 5.41. The Bertz CT molecular complexity index is 1210. The van der Waals surface area contributed by atoms with Gasteiger partial charge in [-0.3, -0.25) is 0 Å². The molecule has 0 saturated carbocycles. The fraction of sp³-hybridized carbons (Fsp3) is 0.280. The molecule has 158 valence electrons. The second-order valence-electron chi connectivity index (χ2n) is 8.06. The molecule has 0 spiro atoms. The number of hydrogen-bond acceptors (Lipinski definition) is 5. The molecule has 0 bridgehead atoms. The van der Waals surface area contributed by atoms with Gasteiger partial charge in [-0.15, -0.1) is 11.3 Å². The van der Waals surface area contributed by atoms with E-state index in [0.717, 1.165) is 56.6 Å². The van der Waals surface area contributed by atoms with E-state index in [1.165, 1.54) is 37.1 Å². The second kappa shape index (κ2) is 8.27. The lowest BCUT2D eigenvalue weighted by Crippen LogP contribution is -2.29. The van der Waals surface area contributed by atoms with E-state index in [2.05, 4.69) is 46.4 Å². The largest absolute Gasteiger partial charge is 0.372 e. The van der Waals surface area contributed by atoms with Crippen LogP contribution < -0.4 is 10.2 Å². The normalized spacial score (nSPS) is 14.2. The van der Waals surface area contributed by atoms with Crippen LogP contribution in [0.1, 0.15) is 30.0 Å². The topological polar surface area (TPSA) is 41.1 Å². The predicted molar refractivity (Wildman–Crippen MR) is 128 cm³/mol. The number of aryl methyl sites for hydroxylation is 2. The SMILES string of the molecule is Cc1nc(Nc2ccc(N3CCCCC3)cc2)c2c(-c3ccc(F)cc3)c(C)sc2n1. The molecule has 5 rings (SSSR count). The van der Waals surface area contributed by atoms with Crippen molar-refractivity contribution in [2.45, 2.75) is 33.1 Å². The molecule has 0 atom stereocenters. The minimum Gasteiger partial charge on any atom is -0.372 e. The molecule has 0 aliphatic carbocycles. The number of benzene rings is 2. The van der Waals surface area contributed by atoms with Gasteiger partial charge in [0, 0.05) is 34.9 Å². The molecule has 2 aromatic heterocycles. The molecule has 1 N–H and O–H groups in total. The molecular weight excluding hydrogens is 407 g/mol. The highest BCUT2D eigenvalue weighted by molar-refractivity contribution is 7.19. The predicted octanol–water partition coefficient (Wildman–Crippen LogP) is 6.85. The van der Waals surface area contributed by atoms with Crippen molar-refractivity contribution >= 4 is 38.7 Å². The van der Waals surface area contributed by atoms with E-state index in [9.17, 15) is 4.39 Å². The Balaban J connectivity index is 1.52. The van der Waals surface area contributed by atoms with Crippen LogP contribution in [0.25, 0.3) is 21.3 Å². The maximum Gasteiger partial charge on any atom is 0.143 e. The number of halogens is 1. The van der Waals surface area contributed by atoms with Gasteiger partial charge < -0.3 is 10.2 Å². The number of thiophene rings is 1. The van der Waals surface area contributed by atoms with E-state index in [-0.39, 0.29) is 5.82 Å². The summed E-state index contributed by atoms with van der Waals surface area (Å²) in [5.74, 6) is 1.28. The number of nitrogens with zero attached hydrogens (tertiary/aromatic N) is 3. The lowest BCUT2D eigenvalue weighted by Gasteiger charge is -2.28. The van der Waals surface area contributed by atoms with Gasteiger partial charge in [0.25, 0.3) is 0 Å². The summed E-state index contributed by atoms with van der Waals surface area (Å²) in [4.78, 5) is 13.9. The first kappa shape index (κ1) is 19.9.